The molecule has 0 unspecified atom stereocenters. The molecule has 0 aromatic carbocycles. The van der Waals surface area contributed by atoms with Crippen LogP contribution in [0.1, 0.15) is 51.1 Å². The van der Waals surface area contributed by atoms with Gasteiger partial charge in [0.2, 0.25) is 0 Å². The molecule has 2 fully saturated rings. The summed E-state index contributed by atoms with van der Waals surface area (Å²) in [5, 5.41) is 7.48. The fourth-order valence-corrected chi connectivity index (χ4v) is 3.96. The zero-order chi connectivity index (χ0) is 17.3. The summed E-state index contributed by atoms with van der Waals surface area (Å²) < 4.78 is 4.92. The molecule has 6 heteroatoms. The lowest BCUT2D eigenvalue weighted by Gasteiger charge is -2.36. The van der Waals surface area contributed by atoms with E-state index >= 15 is 0 Å². The first-order valence-corrected chi connectivity index (χ1v) is 10.00. The van der Waals surface area contributed by atoms with E-state index in [4.69, 9.17) is 9.52 Å². The van der Waals surface area contributed by atoms with E-state index in [1.807, 2.05) is 6.07 Å². The van der Waals surface area contributed by atoms with Gasteiger partial charge in [-0.25, -0.2) is 0 Å². The van der Waals surface area contributed by atoms with Crippen LogP contribution in [-0.4, -0.2) is 60.2 Å². The molecule has 25 heavy (non-hydrogen) atoms. The molecule has 1 N–H and O–H groups in total. The SMILES string of the molecule is CCNC(=NCCCC1CCCC1)N1CCN(Cc2ccon2)CC1. The van der Waals surface area contributed by atoms with Crippen molar-refractivity contribution in [3.8, 4) is 0 Å². The maximum atomic E-state index is 4.92. The standard InChI is InChI=1S/C19H33N5O/c1-2-20-19(21-10-5-8-17-6-3-4-7-17)24-13-11-23(12-14-24)16-18-9-15-25-22-18/h9,15,17H,2-8,10-14,16H2,1H3,(H,20,21). The predicted molar refractivity (Wildman–Crippen MR) is 101 cm³/mol. The van der Waals surface area contributed by atoms with Crippen LogP contribution >= 0.6 is 0 Å². The molecule has 0 radical (unpaired) electrons. The fraction of sp³-hybridized carbons (Fsp3) is 0.789. The Balaban J connectivity index is 1.41. The van der Waals surface area contributed by atoms with Gasteiger partial charge in [0.25, 0.3) is 0 Å². The highest BCUT2D eigenvalue weighted by Crippen LogP contribution is 2.28. The second-order valence-corrected chi connectivity index (χ2v) is 7.28. The molecule has 0 atom stereocenters. The molecule has 1 aromatic heterocycles. The average Bonchev–Trinajstić information content (AvgIpc) is 3.32. The van der Waals surface area contributed by atoms with Gasteiger partial charge in [-0.2, -0.15) is 0 Å². The summed E-state index contributed by atoms with van der Waals surface area (Å²) in [6.45, 7) is 9.03. The van der Waals surface area contributed by atoms with Crippen LogP contribution in [0.3, 0.4) is 0 Å². The summed E-state index contributed by atoms with van der Waals surface area (Å²) in [5.41, 5.74) is 1.01. The van der Waals surface area contributed by atoms with Crippen molar-refractivity contribution in [1.82, 2.24) is 20.3 Å². The number of nitrogens with one attached hydrogen (secondary N) is 1. The minimum Gasteiger partial charge on any atom is -0.364 e. The van der Waals surface area contributed by atoms with Gasteiger partial charge in [-0.3, -0.25) is 9.89 Å². The normalized spacial score (nSPS) is 20.4. The Labute approximate surface area is 151 Å². The number of guanidine groups is 1. The van der Waals surface area contributed by atoms with E-state index in [1.54, 1.807) is 6.26 Å². The molecule has 0 spiro atoms. The molecule has 6 nitrogen and oxygen atoms in total. The van der Waals surface area contributed by atoms with Gasteiger partial charge >= 0.3 is 0 Å². The van der Waals surface area contributed by atoms with Crippen LogP contribution in [0.5, 0.6) is 0 Å². The summed E-state index contributed by atoms with van der Waals surface area (Å²) in [6, 6.07) is 1.95. The number of hydrogen-bond donors (Lipinski definition) is 1. The molecule has 1 saturated carbocycles. The van der Waals surface area contributed by atoms with Gasteiger partial charge in [0.05, 0.1) is 5.69 Å². The maximum Gasteiger partial charge on any atom is 0.194 e. The van der Waals surface area contributed by atoms with E-state index in [-0.39, 0.29) is 0 Å². The number of piperazine rings is 1. The highest BCUT2D eigenvalue weighted by atomic mass is 16.5. The molecule has 1 aliphatic carbocycles. The number of aliphatic imine (C=N–C) groups is 1. The molecular weight excluding hydrogens is 314 g/mol. The second-order valence-electron chi connectivity index (χ2n) is 7.28. The van der Waals surface area contributed by atoms with E-state index < -0.39 is 0 Å². The van der Waals surface area contributed by atoms with E-state index in [2.05, 4.69) is 27.2 Å². The first kappa shape index (κ1) is 18.2. The lowest BCUT2D eigenvalue weighted by molar-refractivity contribution is 0.169. The van der Waals surface area contributed by atoms with Crippen molar-refractivity contribution in [3.63, 3.8) is 0 Å². The number of hydrogen-bond acceptors (Lipinski definition) is 4. The molecule has 2 aliphatic rings. The van der Waals surface area contributed by atoms with E-state index in [0.717, 1.165) is 63.4 Å². The molecule has 140 valence electrons. The third-order valence-electron chi connectivity index (χ3n) is 5.39. The first-order chi connectivity index (χ1) is 12.3. The number of nitrogens with zero attached hydrogens (tertiary/aromatic N) is 4. The van der Waals surface area contributed by atoms with Crippen LogP contribution in [0.4, 0.5) is 0 Å². The highest BCUT2D eigenvalue weighted by Gasteiger charge is 2.20. The van der Waals surface area contributed by atoms with Crippen LogP contribution in [-0.2, 0) is 6.54 Å². The van der Waals surface area contributed by atoms with Crippen molar-refractivity contribution >= 4 is 5.96 Å². The van der Waals surface area contributed by atoms with Crippen molar-refractivity contribution < 1.29 is 4.52 Å². The van der Waals surface area contributed by atoms with Gasteiger partial charge in [-0.05, 0) is 25.7 Å². The van der Waals surface area contributed by atoms with Crippen molar-refractivity contribution in [2.75, 3.05) is 39.3 Å². The van der Waals surface area contributed by atoms with Crippen molar-refractivity contribution in [2.45, 2.75) is 52.0 Å². The molecule has 2 heterocycles. The van der Waals surface area contributed by atoms with E-state index in [1.165, 1.54) is 38.5 Å². The molecule has 0 bridgehead atoms. The molecule has 0 amide bonds. The van der Waals surface area contributed by atoms with Crippen LogP contribution in [0.25, 0.3) is 0 Å². The number of rotatable bonds is 7. The predicted octanol–water partition coefficient (Wildman–Crippen LogP) is 2.73. The fourth-order valence-electron chi connectivity index (χ4n) is 3.96. The van der Waals surface area contributed by atoms with Crippen LogP contribution in [0.2, 0.25) is 0 Å². The van der Waals surface area contributed by atoms with E-state index in [9.17, 15) is 0 Å². The Hall–Kier alpha value is -1.56. The summed E-state index contributed by atoms with van der Waals surface area (Å²) >= 11 is 0. The quantitative estimate of drug-likeness (QED) is 0.467. The number of aromatic nitrogens is 1. The van der Waals surface area contributed by atoms with Crippen molar-refractivity contribution in [1.29, 1.82) is 0 Å². The van der Waals surface area contributed by atoms with Gasteiger partial charge in [0.15, 0.2) is 5.96 Å². The topological polar surface area (TPSA) is 56.9 Å². The van der Waals surface area contributed by atoms with Crippen LogP contribution in [0.15, 0.2) is 21.8 Å². The Kier molecular flexibility index (Phi) is 7.15. The molecule has 3 rings (SSSR count). The summed E-state index contributed by atoms with van der Waals surface area (Å²) in [6.07, 6.45) is 9.99. The Bertz CT molecular complexity index is 502. The second kappa shape index (κ2) is 9.80. The highest BCUT2D eigenvalue weighted by molar-refractivity contribution is 5.80. The summed E-state index contributed by atoms with van der Waals surface area (Å²) in [5.74, 6) is 2.06. The van der Waals surface area contributed by atoms with Gasteiger partial charge in [-0.15, -0.1) is 0 Å². The molecule has 1 saturated heterocycles. The Morgan fingerprint density at radius 3 is 2.76 bits per heavy atom. The largest absolute Gasteiger partial charge is 0.364 e. The smallest absolute Gasteiger partial charge is 0.194 e. The van der Waals surface area contributed by atoms with Crippen molar-refractivity contribution in [2.24, 2.45) is 10.9 Å². The van der Waals surface area contributed by atoms with E-state index in [0.29, 0.717) is 0 Å². The molecule has 1 aliphatic heterocycles. The lowest BCUT2D eigenvalue weighted by atomic mass is 10.0. The zero-order valence-corrected chi connectivity index (χ0v) is 15.6. The van der Waals surface area contributed by atoms with Gasteiger partial charge < -0.3 is 14.7 Å². The van der Waals surface area contributed by atoms with Crippen LogP contribution < -0.4 is 5.32 Å². The van der Waals surface area contributed by atoms with Gasteiger partial charge in [0, 0.05) is 51.9 Å². The maximum absolute atomic E-state index is 4.92. The lowest BCUT2D eigenvalue weighted by Crippen LogP contribution is -2.52. The molecule has 1 aromatic rings. The molecular formula is C19H33N5O. The van der Waals surface area contributed by atoms with Gasteiger partial charge in [-0.1, -0.05) is 30.8 Å². The third kappa shape index (κ3) is 5.73. The van der Waals surface area contributed by atoms with Gasteiger partial charge in [0.1, 0.15) is 6.26 Å². The monoisotopic (exact) mass is 347 g/mol. The minimum atomic E-state index is 0.874. The van der Waals surface area contributed by atoms with Crippen LogP contribution in [0, 0.1) is 5.92 Å². The first-order valence-electron chi connectivity index (χ1n) is 10.00. The Morgan fingerprint density at radius 1 is 1.28 bits per heavy atom. The van der Waals surface area contributed by atoms with Crippen molar-refractivity contribution in [3.05, 3.63) is 18.0 Å². The summed E-state index contributed by atoms with van der Waals surface area (Å²) in [4.78, 5) is 9.71. The average molecular weight is 348 g/mol. The Morgan fingerprint density at radius 2 is 2.08 bits per heavy atom. The summed E-state index contributed by atoms with van der Waals surface area (Å²) in [7, 11) is 0. The minimum absolute atomic E-state index is 0.874. The third-order valence-corrected chi connectivity index (χ3v) is 5.39. The zero-order valence-electron chi connectivity index (χ0n) is 15.6.